The smallest absolute Gasteiger partial charge is 0.212 e. The van der Waals surface area contributed by atoms with Crippen LogP contribution >= 0.6 is 0 Å². The monoisotopic (exact) mass is 344 g/mol. The number of carbonyl (C=O) groups is 1. The van der Waals surface area contributed by atoms with Crippen LogP contribution in [0.5, 0.6) is 0 Å². The van der Waals surface area contributed by atoms with Crippen LogP contribution in [0.25, 0.3) is 0 Å². The third-order valence-corrected chi connectivity index (χ3v) is 7.55. The van der Waals surface area contributed by atoms with Gasteiger partial charge >= 0.3 is 0 Å². The van der Waals surface area contributed by atoms with Gasteiger partial charge in [-0.15, -0.1) is 0 Å². The number of sulfonamides is 1. The van der Waals surface area contributed by atoms with Crippen molar-refractivity contribution in [1.29, 1.82) is 0 Å². The Balaban J connectivity index is 2.08. The van der Waals surface area contributed by atoms with Gasteiger partial charge in [0.05, 0.1) is 5.75 Å². The molecule has 0 unspecified atom stereocenters. The molecule has 2 rings (SSSR count). The summed E-state index contributed by atoms with van der Waals surface area (Å²) >= 11 is 0. The van der Waals surface area contributed by atoms with Crippen molar-refractivity contribution in [2.75, 3.05) is 32.9 Å². The Morgan fingerprint density at radius 1 is 1.30 bits per heavy atom. The zero-order valence-electron chi connectivity index (χ0n) is 15.4. The average molecular weight is 345 g/mol. The van der Waals surface area contributed by atoms with E-state index >= 15 is 0 Å². The lowest BCUT2D eigenvalue weighted by Gasteiger charge is -2.36. The molecule has 2 saturated carbocycles. The highest BCUT2D eigenvalue weighted by Gasteiger charge is 2.65. The van der Waals surface area contributed by atoms with Crippen molar-refractivity contribution < 1.29 is 13.2 Å². The zero-order chi connectivity index (χ0) is 17.7. The van der Waals surface area contributed by atoms with Gasteiger partial charge in [0.1, 0.15) is 5.78 Å². The lowest BCUT2D eigenvalue weighted by molar-refractivity contribution is -0.128. The summed E-state index contributed by atoms with van der Waals surface area (Å²) in [7, 11) is 0.488. The number of hydrogen-bond acceptors (Lipinski definition) is 4. The molecule has 5 nitrogen and oxygen atoms in total. The molecule has 0 saturated heterocycles. The Morgan fingerprint density at radius 3 is 2.35 bits per heavy atom. The van der Waals surface area contributed by atoms with Crippen LogP contribution in [0.3, 0.4) is 0 Å². The molecule has 0 spiro atoms. The van der Waals surface area contributed by atoms with E-state index in [4.69, 9.17) is 0 Å². The molecule has 0 aliphatic heterocycles. The third-order valence-electron chi connectivity index (χ3n) is 6.09. The standard InChI is InChI=1S/C17H32N2O3S/c1-15(2,11-19(5)6)10-18-23(21,22)12-17-8-7-13(9-14(17)20)16(17,3)4/h13,18H,7-12H2,1-6H3/t13-,17+/m1/s1. The van der Waals surface area contributed by atoms with Gasteiger partial charge in [0, 0.05) is 24.9 Å². The van der Waals surface area contributed by atoms with Crippen LogP contribution in [0.4, 0.5) is 0 Å². The molecule has 2 fully saturated rings. The number of nitrogens with one attached hydrogen (secondary N) is 1. The summed E-state index contributed by atoms with van der Waals surface area (Å²) in [5.74, 6) is 0.437. The summed E-state index contributed by atoms with van der Waals surface area (Å²) in [5.41, 5.74) is -1.05. The average Bonchev–Trinajstić information content (AvgIpc) is 2.69. The molecule has 0 aromatic carbocycles. The topological polar surface area (TPSA) is 66.5 Å². The number of rotatable bonds is 7. The summed E-state index contributed by atoms with van der Waals surface area (Å²) in [5, 5.41) is 0. The van der Waals surface area contributed by atoms with Crippen LogP contribution in [0.1, 0.15) is 47.0 Å². The van der Waals surface area contributed by atoms with Crippen LogP contribution in [0.2, 0.25) is 0 Å². The first-order valence-corrected chi connectivity index (χ1v) is 10.1. The molecule has 2 aliphatic carbocycles. The normalized spacial score (nSPS) is 30.4. The van der Waals surface area contributed by atoms with Gasteiger partial charge in [-0.25, -0.2) is 13.1 Å². The van der Waals surface area contributed by atoms with E-state index in [2.05, 4.69) is 23.5 Å². The van der Waals surface area contributed by atoms with Gasteiger partial charge in [-0.2, -0.15) is 0 Å². The molecule has 0 aromatic rings. The molecular weight excluding hydrogens is 312 g/mol. The molecule has 0 heterocycles. The van der Waals surface area contributed by atoms with Gasteiger partial charge in [0.15, 0.2) is 0 Å². The first-order chi connectivity index (χ1) is 10.3. The van der Waals surface area contributed by atoms with Crippen molar-refractivity contribution in [3.8, 4) is 0 Å². The van der Waals surface area contributed by atoms with Gasteiger partial charge in [-0.3, -0.25) is 4.79 Å². The van der Waals surface area contributed by atoms with Crippen molar-refractivity contribution in [1.82, 2.24) is 9.62 Å². The molecule has 2 aliphatic rings. The van der Waals surface area contributed by atoms with Crippen molar-refractivity contribution >= 4 is 15.8 Å². The molecule has 2 bridgehead atoms. The minimum Gasteiger partial charge on any atom is -0.309 e. The number of carbonyl (C=O) groups excluding carboxylic acids is 1. The first-order valence-electron chi connectivity index (χ1n) is 8.47. The van der Waals surface area contributed by atoms with Crippen LogP contribution in [0.15, 0.2) is 0 Å². The first kappa shape index (κ1) is 18.9. The molecular formula is C17H32N2O3S. The van der Waals surface area contributed by atoms with E-state index in [0.29, 0.717) is 25.3 Å². The SMILES string of the molecule is CN(C)CC(C)(C)CNS(=O)(=O)C[C@@]12CC[C@H](CC1=O)C2(C)C. The minimum absolute atomic E-state index is 0.0552. The number of hydrogen-bond donors (Lipinski definition) is 1. The van der Waals surface area contributed by atoms with Gasteiger partial charge in [0.25, 0.3) is 0 Å². The lowest BCUT2D eigenvalue weighted by atomic mass is 9.70. The molecule has 0 aromatic heterocycles. The van der Waals surface area contributed by atoms with Crippen LogP contribution in [-0.4, -0.2) is 52.0 Å². The van der Waals surface area contributed by atoms with E-state index in [1.54, 1.807) is 0 Å². The molecule has 2 atom stereocenters. The van der Waals surface area contributed by atoms with Crippen molar-refractivity contribution in [3.05, 3.63) is 0 Å². The highest BCUT2D eigenvalue weighted by atomic mass is 32.2. The minimum atomic E-state index is -3.47. The maximum absolute atomic E-state index is 12.7. The fraction of sp³-hybridized carbons (Fsp3) is 0.941. The van der Waals surface area contributed by atoms with E-state index in [0.717, 1.165) is 13.0 Å². The van der Waals surface area contributed by atoms with Gasteiger partial charge in [-0.1, -0.05) is 27.7 Å². The van der Waals surface area contributed by atoms with Gasteiger partial charge in [-0.05, 0) is 43.7 Å². The summed E-state index contributed by atoms with van der Waals surface area (Å²) in [6.07, 6.45) is 2.24. The van der Waals surface area contributed by atoms with Crippen LogP contribution in [-0.2, 0) is 14.8 Å². The third kappa shape index (κ3) is 3.49. The predicted octanol–water partition coefficient (Wildman–Crippen LogP) is 1.89. The highest BCUT2D eigenvalue weighted by Crippen LogP contribution is 2.64. The van der Waals surface area contributed by atoms with Crippen LogP contribution in [0, 0.1) is 22.2 Å². The Hall–Kier alpha value is -0.460. The van der Waals surface area contributed by atoms with Crippen molar-refractivity contribution in [2.24, 2.45) is 22.2 Å². The Morgan fingerprint density at radius 2 is 1.91 bits per heavy atom. The number of ketones is 1. The van der Waals surface area contributed by atoms with Crippen LogP contribution < -0.4 is 4.72 Å². The number of nitrogens with zero attached hydrogens (tertiary/aromatic N) is 1. The summed E-state index contributed by atoms with van der Waals surface area (Å²) in [4.78, 5) is 14.6. The zero-order valence-corrected chi connectivity index (χ0v) is 16.2. The maximum atomic E-state index is 12.7. The fourth-order valence-corrected chi connectivity index (χ4v) is 6.74. The van der Waals surface area contributed by atoms with Gasteiger partial charge < -0.3 is 4.90 Å². The molecule has 23 heavy (non-hydrogen) atoms. The summed E-state index contributed by atoms with van der Waals surface area (Å²) < 4.78 is 28.1. The molecule has 0 amide bonds. The Kier molecular flexibility index (Phi) is 4.77. The van der Waals surface area contributed by atoms with E-state index in [1.165, 1.54) is 0 Å². The second kappa shape index (κ2) is 5.81. The molecule has 1 N–H and O–H groups in total. The summed E-state index contributed by atoms with van der Waals surface area (Å²) in [6.45, 7) is 9.42. The lowest BCUT2D eigenvalue weighted by Crippen LogP contribution is -2.47. The van der Waals surface area contributed by atoms with E-state index < -0.39 is 15.4 Å². The number of Topliss-reactive ketones (excluding diaryl/α,β-unsaturated/α-hetero) is 1. The Bertz CT molecular complexity index is 581. The Labute approximate surface area is 141 Å². The molecule has 6 heteroatoms. The summed E-state index contributed by atoms with van der Waals surface area (Å²) in [6, 6.07) is 0. The highest BCUT2D eigenvalue weighted by molar-refractivity contribution is 7.89. The quantitative estimate of drug-likeness (QED) is 0.766. The predicted molar refractivity (Wildman–Crippen MR) is 92.7 cm³/mol. The van der Waals surface area contributed by atoms with E-state index in [9.17, 15) is 13.2 Å². The number of fused-ring (bicyclic) bond motifs is 2. The maximum Gasteiger partial charge on any atom is 0.212 e. The largest absolute Gasteiger partial charge is 0.309 e. The second-order valence-electron chi connectivity index (χ2n) is 9.15. The second-order valence-corrected chi connectivity index (χ2v) is 11.0. The van der Waals surface area contributed by atoms with Crippen molar-refractivity contribution in [3.63, 3.8) is 0 Å². The molecule has 134 valence electrons. The molecule has 0 radical (unpaired) electrons. The van der Waals surface area contributed by atoms with E-state index in [1.807, 2.05) is 27.9 Å². The van der Waals surface area contributed by atoms with Gasteiger partial charge in [0.2, 0.25) is 10.0 Å². The fourth-order valence-electron chi connectivity index (χ4n) is 4.70. The van der Waals surface area contributed by atoms with Crippen molar-refractivity contribution in [2.45, 2.75) is 47.0 Å². The van der Waals surface area contributed by atoms with E-state index in [-0.39, 0.29) is 22.4 Å².